The lowest BCUT2D eigenvalue weighted by molar-refractivity contribution is -0.333. The Morgan fingerprint density at radius 3 is 2.08 bits per heavy atom. The van der Waals surface area contributed by atoms with E-state index in [1.165, 1.54) is 12.8 Å². The summed E-state index contributed by atoms with van der Waals surface area (Å²) < 4.78 is 0. The van der Waals surface area contributed by atoms with Crippen LogP contribution >= 0.6 is 0 Å². The van der Waals surface area contributed by atoms with E-state index in [-0.39, 0.29) is 6.04 Å². The summed E-state index contributed by atoms with van der Waals surface area (Å²) in [6.07, 6.45) is 6.17. The lowest BCUT2D eigenvalue weighted by atomic mass is 10.1. The van der Waals surface area contributed by atoms with E-state index in [0.29, 0.717) is 5.23 Å². The molecule has 0 radical (unpaired) electrons. The first-order chi connectivity index (χ1) is 5.72. The third kappa shape index (κ3) is 5.52. The molecular weight excluding hydrogens is 154 g/mol. The van der Waals surface area contributed by atoms with Gasteiger partial charge in [0.05, 0.1) is 6.04 Å². The van der Waals surface area contributed by atoms with Crippen LogP contribution in [0.4, 0.5) is 0 Å². The summed E-state index contributed by atoms with van der Waals surface area (Å²) in [5.74, 6) is 0. The molecule has 3 nitrogen and oxygen atoms in total. The minimum Gasteiger partial charge on any atom is -0.289 e. The summed E-state index contributed by atoms with van der Waals surface area (Å²) in [4.78, 5) is 0. The molecule has 0 saturated carbocycles. The van der Waals surface area contributed by atoms with Crippen molar-refractivity contribution < 1.29 is 10.4 Å². The number of nitrogens with zero attached hydrogens (tertiary/aromatic N) is 1. The second kappa shape index (κ2) is 7.53. The minimum absolute atomic E-state index is 0.0680. The Bertz CT molecular complexity index is 96.5. The van der Waals surface area contributed by atoms with Crippen molar-refractivity contribution >= 4 is 0 Å². The van der Waals surface area contributed by atoms with E-state index < -0.39 is 0 Å². The van der Waals surface area contributed by atoms with Gasteiger partial charge in [-0.25, -0.2) is 0 Å². The van der Waals surface area contributed by atoms with Gasteiger partial charge in [-0.1, -0.05) is 44.8 Å². The van der Waals surface area contributed by atoms with Crippen molar-refractivity contribution in [3.8, 4) is 0 Å². The van der Waals surface area contributed by atoms with E-state index in [9.17, 15) is 0 Å². The fourth-order valence-electron chi connectivity index (χ4n) is 1.34. The van der Waals surface area contributed by atoms with Crippen molar-refractivity contribution in [2.24, 2.45) is 0 Å². The Morgan fingerprint density at radius 2 is 1.67 bits per heavy atom. The summed E-state index contributed by atoms with van der Waals surface area (Å²) in [7, 11) is 0. The quantitative estimate of drug-likeness (QED) is 0.462. The second-order valence-corrected chi connectivity index (χ2v) is 3.26. The average molecular weight is 175 g/mol. The van der Waals surface area contributed by atoms with E-state index in [1.807, 2.05) is 0 Å². The number of hydroxylamine groups is 2. The fourth-order valence-corrected chi connectivity index (χ4v) is 1.34. The van der Waals surface area contributed by atoms with Gasteiger partial charge in [-0.3, -0.25) is 10.4 Å². The van der Waals surface area contributed by atoms with Crippen molar-refractivity contribution in [3.05, 3.63) is 0 Å². The lowest BCUT2D eigenvalue weighted by Crippen LogP contribution is -2.28. The zero-order chi connectivity index (χ0) is 9.40. The SMILES string of the molecule is CCCCCC(CCC)N(O)O. The Morgan fingerprint density at radius 1 is 1.00 bits per heavy atom. The molecule has 1 atom stereocenters. The largest absolute Gasteiger partial charge is 0.289 e. The van der Waals surface area contributed by atoms with Crippen LogP contribution in [0.3, 0.4) is 0 Å². The first kappa shape index (κ1) is 11.9. The molecule has 0 amide bonds. The number of unbranched alkanes of at least 4 members (excludes halogenated alkanes) is 2. The summed E-state index contributed by atoms with van der Waals surface area (Å²) in [6.45, 7) is 4.20. The van der Waals surface area contributed by atoms with Gasteiger partial charge in [-0.15, -0.1) is 0 Å². The van der Waals surface area contributed by atoms with Crippen LogP contribution in [-0.2, 0) is 0 Å². The normalized spacial score (nSPS) is 13.8. The molecule has 0 bridgehead atoms. The van der Waals surface area contributed by atoms with E-state index in [2.05, 4.69) is 13.8 Å². The van der Waals surface area contributed by atoms with E-state index >= 15 is 0 Å². The molecule has 0 aliphatic heterocycles. The average Bonchev–Trinajstić information content (AvgIpc) is 2.03. The molecule has 0 aliphatic rings. The highest BCUT2D eigenvalue weighted by atomic mass is 16.8. The van der Waals surface area contributed by atoms with Crippen LogP contribution in [0.5, 0.6) is 0 Å². The first-order valence-corrected chi connectivity index (χ1v) is 4.89. The van der Waals surface area contributed by atoms with Gasteiger partial charge in [0.1, 0.15) is 0 Å². The Labute approximate surface area is 74.9 Å². The number of hydrogen-bond acceptors (Lipinski definition) is 3. The van der Waals surface area contributed by atoms with Crippen LogP contribution in [0.2, 0.25) is 0 Å². The third-order valence-corrected chi connectivity index (χ3v) is 2.09. The molecule has 0 rings (SSSR count). The molecule has 0 aromatic heterocycles. The van der Waals surface area contributed by atoms with Gasteiger partial charge < -0.3 is 0 Å². The highest BCUT2D eigenvalue weighted by molar-refractivity contribution is 4.60. The molecule has 12 heavy (non-hydrogen) atoms. The minimum atomic E-state index is -0.0680. The van der Waals surface area contributed by atoms with Gasteiger partial charge in [-0.05, 0) is 12.8 Å². The summed E-state index contributed by atoms with van der Waals surface area (Å²) >= 11 is 0. The molecule has 0 heterocycles. The molecule has 0 aromatic rings. The lowest BCUT2D eigenvalue weighted by Gasteiger charge is -2.19. The van der Waals surface area contributed by atoms with Gasteiger partial charge in [0, 0.05) is 0 Å². The van der Waals surface area contributed by atoms with Crippen molar-refractivity contribution in [2.45, 2.75) is 58.4 Å². The van der Waals surface area contributed by atoms with E-state index in [4.69, 9.17) is 10.4 Å². The number of rotatable bonds is 7. The van der Waals surface area contributed by atoms with Gasteiger partial charge in [-0.2, -0.15) is 0 Å². The maximum Gasteiger partial charge on any atom is 0.0623 e. The molecule has 0 aromatic carbocycles. The van der Waals surface area contributed by atoms with E-state index in [0.717, 1.165) is 25.7 Å². The predicted octanol–water partition coefficient (Wildman–Crippen LogP) is 2.82. The molecule has 0 aliphatic carbocycles. The second-order valence-electron chi connectivity index (χ2n) is 3.26. The molecule has 2 N–H and O–H groups in total. The van der Waals surface area contributed by atoms with Crippen molar-refractivity contribution in [1.29, 1.82) is 0 Å². The van der Waals surface area contributed by atoms with Crippen LogP contribution < -0.4 is 0 Å². The summed E-state index contributed by atoms with van der Waals surface area (Å²) in [5.41, 5.74) is 0. The zero-order valence-corrected chi connectivity index (χ0v) is 8.16. The molecule has 74 valence electrons. The van der Waals surface area contributed by atoms with E-state index in [1.54, 1.807) is 0 Å². The summed E-state index contributed by atoms with van der Waals surface area (Å²) in [5, 5.41) is 18.0. The van der Waals surface area contributed by atoms with Crippen molar-refractivity contribution in [1.82, 2.24) is 5.23 Å². The summed E-state index contributed by atoms with van der Waals surface area (Å²) in [6, 6.07) is -0.0680. The molecule has 0 saturated heterocycles. The van der Waals surface area contributed by atoms with Crippen LogP contribution in [0.1, 0.15) is 52.4 Å². The van der Waals surface area contributed by atoms with Crippen LogP contribution in [0.15, 0.2) is 0 Å². The molecule has 3 heteroatoms. The Balaban J connectivity index is 3.49. The predicted molar refractivity (Wildman–Crippen MR) is 48.3 cm³/mol. The maximum absolute atomic E-state index is 8.83. The van der Waals surface area contributed by atoms with Crippen molar-refractivity contribution in [3.63, 3.8) is 0 Å². The maximum atomic E-state index is 8.83. The highest BCUT2D eigenvalue weighted by Gasteiger charge is 2.12. The van der Waals surface area contributed by atoms with Gasteiger partial charge in [0.2, 0.25) is 0 Å². The van der Waals surface area contributed by atoms with Gasteiger partial charge >= 0.3 is 0 Å². The number of hydrogen-bond donors (Lipinski definition) is 2. The third-order valence-electron chi connectivity index (χ3n) is 2.09. The molecule has 1 unspecified atom stereocenters. The van der Waals surface area contributed by atoms with Crippen molar-refractivity contribution in [2.75, 3.05) is 0 Å². The highest BCUT2D eigenvalue weighted by Crippen LogP contribution is 2.11. The zero-order valence-electron chi connectivity index (χ0n) is 8.16. The smallest absolute Gasteiger partial charge is 0.0623 e. The van der Waals surface area contributed by atoms with Crippen LogP contribution in [0.25, 0.3) is 0 Å². The Kier molecular flexibility index (Phi) is 7.45. The standard InChI is InChI=1S/C9H21NO2/c1-3-5-6-8-9(7-4-2)10(11)12/h9,11-12H,3-8H2,1-2H3. The van der Waals surface area contributed by atoms with Crippen LogP contribution in [-0.4, -0.2) is 21.7 Å². The molecular formula is C9H21NO2. The molecule has 0 fully saturated rings. The topological polar surface area (TPSA) is 43.7 Å². The van der Waals surface area contributed by atoms with Gasteiger partial charge in [0.15, 0.2) is 0 Å². The Hall–Kier alpha value is -0.120. The monoisotopic (exact) mass is 175 g/mol. The first-order valence-electron chi connectivity index (χ1n) is 4.89. The van der Waals surface area contributed by atoms with Gasteiger partial charge in [0.25, 0.3) is 0 Å². The molecule has 0 spiro atoms. The van der Waals surface area contributed by atoms with Crippen LogP contribution in [0, 0.1) is 0 Å². The fraction of sp³-hybridized carbons (Fsp3) is 1.00.